The van der Waals surface area contributed by atoms with E-state index in [1.807, 2.05) is 25.0 Å². The number of aromatic nitrogens is 5. The Morgan fingerprint density at radius 1 is 1.32 bits per heavy atom. The molecule has 0 unspecified atom stereocenters. The van der Waals surface area contributed by atoms with Crippen LogP contribution in [0.5, 0.6) is 0 Å². The molecule has 0 fully saturated rings. The molecule has 0 radical (unpaired) electrons. The molecular formula is C14H15FN6O. The van der Waals surface area contributed by atoms with Gasteiger partial charge in [0, 0.05) is 24.5 Å². The maximum Gasteiger partial charge on any atom is 0.278 e. The smallest absolute Gasteiger partial charge is 0.278 e. The molecule has 8 heteroatoms. The number of nitrogens with zero attached hydrogens (tertiary/aromatic N) is 6. The second-order valence-electron chi connectivity index (χ2n) is 5.08. The quantitative estimate of drug-likeness (QED) is 0.714. The van der Waals surface area contributed by atoms with Gasteiger partial charge in [0.15, 0.2) is 5.69 Å². The zero-order chi connectivity index (χ0) is 15.5. The summed E-state index contributed by atoms with van der Waals surface area (Å²) >= 11 is 0. The van der Waals surface area contributed by atoms with Gasteiger partial charge in [-0.3, -0.25) is 9.67 Å². The number of hydrogen-bond donors (Lipinski definition) is 0. The molecule has 0 bridgehead atoms. The Morgan fingerprint density at radius 2 is 2.18 bits per heavy atom. The molecule has 0 spiro atoms. The van der Waals surface area contributed by atoms with Crippen molar-refractivity contribution in [1.82, 2.24) is 29.8 Å². The van der Waals surface area contributed by atoms with Crippen molar-refractivity contribution in [3.63, 3.8) is 0 Å². The van der Waals surface area contributed by atoms with Gasteiger partial charge in [0.1, 0.15) is 5.82 Å². The summed E-state index contributed by atoms with van der Waals surface area (Å²) in [6.07, 6.45) is 4.46. The van der Waals surface area contributed by atoms with Gasteiger partial charge in [0.2, 0.25) is 5.82 Å². The van der Waals surface area contributed by atoms with Crippen LogP contribution in [0.25, 0.3) is 23.0 Å². The molecule has 0 amide bonds. The molecule has 3 aromatic rings. The van der Waals surface area contributed by atoms with E-state index in [1.54, 1.807) is 6.07 Å². The highest BCUT2D eigenvalue weighted by molar-refractivity contribution is 5.56. The van der Waals surface area contributed by atoms with Crippen molar-refractivity contribution in [3.05, 3.63) is 36.5 Å². The van der Waals surface area contributed by atoms with Crippen molar-refractivity contribution in [2.75, 3.05) is 20.6 Å². The number of rotatable bonds is 5. The Kier molecular flexibility index (Phi) is 3.92. The maximum absolute atomic E-state index is 13.2. The van der Waals surface area contributed by atoms with Crippen molar-refractivity contribution in [2.24, 2.45) is 0 Å². The van der Waals surface area contributed by atoms with E-state index < -0.39 is 5.82 Å². The average Bonchev–Trinajstić information content (AvgIpc) is 3.14. The zero-order valence-electron chi connectivity index (χ0n) is 12.3. The van der Waals surface area contributed by atoms with Crippen LogP contribution in [0.1, 0.15) is 0 Å². The number of likely N-dealkylation sites (N-methyl/N-ethyl adjacent to an activating group) is 1. The Hall–Kier alpha value is -2.61. The summed E-state index contributed by atoms with van der Waals surface area (Å²) in [6, 6.07) is 3.11. The second-order valence-corrected chi connectivity index (χ2v) is 5.08. The Labute approximate surface area is 126 Å². The van der Waals surface area contributed by atoms with Crippen LogP contribution in [0.3, 0.4) is 0 Å². The van der Waals surface area contributed by atoms with Crippen LogP contribution in [0.2, 0.25) is 0 Å². The first kappa shape index (κ1) is 14.3. The lowest BCUT2D eigenvalue weighted by atomic mass is 10.3. The monoisotopic (exact) mass is 302 g/mol. The van der Waals surface area contributed by atoms with Crippen molar-refractivity contribution in [3.8, 4) is 23.0 Å². The van der Waals surface area contributed by atoms with Crippen LogP contribution in [-0.2, 0) is 6.54 Å². The third-order valence-electron chi connectivity index (χ3n) is 3.03. The van der Waals surface area contributed by atoms with Gasteiger partial charge in [-0.05, 0) is 26.2 Å². The number of hydrogen-bond acceptors (Lipinski definition) is 6. The van der Waals surface area contributed by atoms with E-state index in [2.05, 4.69) is 25.1 Å². The summed E-state index contributed by atoms with van der Waals surface area (Å²) in [7, 11) is 4.00. The van der Waals surface area contributed by atoms with E-state index in [0.717, 1.165) is 19.3 Å². The highest BCUT2D eigenvalue weighted by Gasteiger charge is 2.13. The Morgan fingerprint density at radius 3 is 2.95 bits per heavy atom. The van der Waals surface area contributed by atoms with E-state index in [0.29, 0.717) is 17.1 Å². The predicted molar refractivity (Wildman–Crippen MR) is 77.3 cm³/mol. The molecule has 114 valence electrons. The minimum Gasteiger partial charge on any atom is -0.332 e. The van der Waals surface area contributed by atoms with Gasteiger partial charge >= 0.3 is 0 Å². The molecule has 0 saturated heterocycles. The van der Waals surface area contributed by atoms with E-state index in [4.69, 9.17) is 4.52 Å². The lowest BCUT2D eigenvalue weighted by Crippen LogP contribution is -2.18. The van der Waals surface area contributed by atoms with Gasteiger partial charge in [0.25, 0.3) is 5.89 Å². The minimum atomic E-state index is -0.447. The van der Waals surface area contributed by atoms with Gasteiger partial charge in [-0.2, -0.15) is 10.1 Å². The summed E-state index contributed by atoms with van der Waals surface area (Å²) < 4.78 is 20.2. The molecule has 0 N–H and O–H groups in total. The number of pyridine rings is 1. The molecule has 7 nitrogen and oxygen atoms in total. The van der Waals surface area contributed by atoms with E-state index in [9.17, 15) is 4.39 Å². The SMILES string of the molecule is CN(C)CCn1ccc(-c2nc(-c3cncc(F)c3)no2)n1. The summed E-state index contributed by atoms with van der Waals surface area (Å²) in [4.78, 5) is 10.1. The standard InChI is InChI=1S/C14H15FN6O/c1-20(2)5-6-21-4-3-12(18-21)14-17-13(19-22-14)10-7-11(15)9-16-8-10/h3-4,7-9H,5-6H2,1-2H3. The molecule has 22 heavy (non-hydrogen) atoms. The maximum atomic E-state index is 13.2. The first-order chi connectivity index (χ1) is 10.6. The van der Waals surface area contributed by atoms with Gasteiger partial charge in [-0.15, -0.1) is 0 Å². The Bertz CT molecular complexity index is 766. The van der Waals surface area contributed by atoms with Crippen LogP contribution in [0.4, 0.5) is 4.39 Å². The summed E-state index contributed by atoms with van der Waals surface area (Å²) in [5.74, 6) is 0.129. The highest BCUT2D eigenvalue weighted by atomic mass is 19.1. The summed E-state index contributed by atoms with van der Waals surface area (Å²) in [5.41, 5.74) is 1.05. The first-order valence-electron chi connectivity index (χ1n) is 6.75. The summed E-state index contributed by atoms with van der Waals surface area (Å²) in [6.45, 7) is 1.65. The summed E-state index contributed by atoms with van der Waals surface area (Å²) in [5, 5.41) is 8.22. The molecule has 3 heterocycles. The normalized spacial score (nSPS) is 11.3. The fourth-order valence-corrected chi connectivity index (χ4v) is 1.88. The molecule has 3 aromatic heterocycles. The molecular weight excluding hydrogens is 287 g/mol. The van der Waals surface area contributed by atoms with E-state index in [-0.39, 0.29) is 5.82 Å². The average molecular weight is 302 g/mol. The van der Waals surface area contributed by atoms with Crippen LogP contribution < -0.4 is 0 Å². The Balaban J connectivity index is 1.79. The molecule has 0 aromatic carbocycles. The lowest BCUT2D eigenvalue weighted by molar-refractivity contribution is 0.373. The van der Waals surface area contributed by atoms with Crippen molar-refractivity contribution >= 4 is 0 Å². The lowest BCUT2D eigenvalue weighted by Gasteiger charge is -2.08. The molecule has 0 aliphatic heterocycles. The van der Waals surface area contributed by atoms with Crippen molar-refractivity contribution in [2.45, 2.75) is 6.54 Å². The van der Waals surface area contributed by atoms with Crippen molar-refractivity contribution < 1.29 is 8.91 Å². The highest BCUT2D eigenvalue weighted by Crippen LogP contribution is 2.20. The number of halogens is 1. The molecule has 0 aliphatic rings. The zero-order valence-corrected chi connectivity index (χ0v) is 12.3. The largest absolute Gasteiger partial charge is 0.332 e. The molecule has 0 saturated carbocycles. The fourth-order valence-electron chi connectivity index (χ4n) is 1.88. The van der Waals surface area contributed by atoms with Crippen LogP contribution in [0, 0.1) is 5.82 Å². The minimum absolute atomic E-state index is 0.282. The van der Waals surface area contributed by atoms with Gasteiger partial charge in [-0.1, -0.05) is 5.16 Å². The van der Waals surface area contributed by atoms with Gasteiger partial charge in [0.05, 0.1) is 12.7 Å². The molecule has 0 aliphatic carbocycles. The third-order valence-corrected chi connectivity index (χ3v) is 3.03. The van der Waals surface area contributed by atoms with Crippen LogP contribution in [0.15, 0.2) is 35.2 Å². The predicted octanol–water partition coefficient (Wildman–Crippen LogP) is 1.70. The fraction of sp³-hybridized carbons (Fsp3) is 0.286. The van der Waals surface area contributed by atoms with E-state index in [1.165, 1.54) is 12.3 Å². The third kappa shape index (κ3) is 3.17. The van der Waals surface area contributed by atoms with E-state index >= 15 is 0 Å². The topological polar surface area (TPSA) is 72.9 Å². The second kappa shape index (κ2) is 6.02. The van der Waals surface area contributed by atoms with Gasteiger partial charge < -0.3 is 9.42 Å². The van der Waals surface area contributed by atoms with Crippen LogP contribution in [-0.4, -0.2) is 50.4 Å². The van der Waals surface area contributed by atoms with Crippen LogP contribution >= 0.6 is 0 Å². The van der Waals surface area contributed by atoms with Gasteiger partial charge in [-0.25, -0.2) is 4.39 Å². The first-order valence-corrected chi connectivity index (χ1v) is 6.75. The van der Waals surface area contributed by atoms with Crippen molar-refractivity contribution in [1.29, 1.82) is 0 Å². The molecule has 0 atom stereocenters. The molecule has 3 rings (SSSR count).